The maximum atomic E-state index is 12.8. The molecule has 0 unspecified atom stereocenters. The molecule has 190 valence electrons. The van der Waals surface area contributed by atoms with Gasteiger partial charge in [0.2, 0.25) is 0 Å². The van der Waals surface area contributed by atoms with Gasteiger partial charge < -0.3 is 4.57 Å². The number of nitrogens with zero attached hydrogens (tertiary/aromatic N) is 3. The van der Waals surface area contributed by atoms with E-state index in [0.717, 1.165) is 33.8 Å². The summed E-state index contributed by atoms with van der Waals surface area (Å²) in [6, 6.07) is 29.7. The molecule has 38 heavy (non-hydrogen) atoms. The monoisotopic (exact) mass is 525 g/mol. The smallest absolute Gasteiger partial charge is 0.295 e. The number of nitro groups is 1. The molecule has 1 heterocycles. The third kappa shape index (κ3) is 4.84. The number of para-hydroxylation sites is 2. The van der Waals surface area contributed by atoms with Gasteiger partial charge in [-0.05, 0) is 35.9 Å². The Hall–Kier alpha value is -4.96. The molecule has 1 aromatic heterocycles. The van der Waals surface area contributed by atoms with Crippen LogP contribution < -0.4 is 10.1 Å². The van der Waals surface area contributed by atoms with E-state index < -0.39 is 20.6 Å². The van der Waals surface area contributed by atoms with Crippen molar-refractivity contribution in [2.75, 3.05) is 10.1 Å². The van der Waals surface area contributed by atoms with Gasteiger partial charge in [-0.2, -0.15) is 5.10 Å². The molecular formula is C28H23N5O4S. The maximum absolute atomic E-state index is 12.8. The zero-order valence-electron chi connectivity index (χ0n) is 20.3. The Labute approximate surface area is 219 Å². The SMILES string of the molecule is Cn1c(-c2ccccc2)c(/C=N\Nc2ccc(S(=O)(=O)Nc3ccccc3)cc2[N+](=O)[O-])c2ccccc21. The number of nitro benzene ring substituents is 1. The summed E-state index contributed by atoms with van der Waals surface area (Å²) in [5.74, 6) is 0. The fraction of sp³-hybridized carbons (Fsp3) is 0.0357. The lowest BCUT2D eigenvalue weighted by molar-refractivity contribution is -0.384. The van der Waals surface area contributed by atoms with Crippen LogP contribution in [0.3, 0.4) is 0 Å². The molecule has 0 aliphatic carbocycles. The Bertz CT molecular complexity index is 1770. The van der Waals surface area contributed by atoms with E-state index in [0.29, 0.717) is 5.69 Å². The van der Waals surface area contributed by atoms with Gasteiger partial charge in [0.1, 0.15) is 5.69 Å². The Balaban J connectivity index is 1.48. The van der Waals surface area contributed by atoms with E-state index >= 15 is 0 Å². The summed E-state index contributed by atoms with van der Waals surface area (Å²) in [7, 11) is -2.06. The molecular weight excluding hydrogens is 502 g/mol. The van der Waals surface area contributed by atoms with E-state index in [1.807, 2.05) is 61.6 Å². The van der Waals surface area contributed by atoms with Crippen molar-refractivity contribution in [2.45, 2.75) is 4.90 Å². The summed E-state index contributed by atoms with van der Waals surface area (Å²) in [6.45, 7) is 0. The lowest BCUT2D eigenvalue weighted by Gasteiger charge is -2.09. The van der Waals surface area contributed by atoms with Crippen molar-refractivity contribution < 1.29 is 13.3 Å². The number of rotatable bonds is 8. The highest BCUT2D eigenvalue weighted by atomic mass is 32.2. The molecule has 0 aliphatic rings. The topological polar surface area (TPSA) is 119 Å². The Morgan fingerprint density at radius 2 is 1.55 bits per heavy atom. The highest BCUT2D eigenvalue weighted by molar-refractivity contribution is 7.92. The Morgan fingerprint density at radius 3 is 2.26 bits per heavy atom. The molecule has 0 saturated carbocycles. The normalized spacial score (nSPS) is 11.6. The third-order valence-corrected chi connectivity index (χ3v) is 7.45. The molecule has 2 N–H and O–H groups in total. The van der Waals surface area contributed by atoms with E-state index in [9.17, 15) is 18.5 Å². The number of anilines is 2. The van der Waals surface area contributed by atoms with Gasteiger partial charge in [-0.15, -0.1) is 0 Å². The standard InChI is InChI=1S/C28H23N5O4S/c1-32-26-15-9-8-14-23(26)24(28(32)20-10-4-2-5-11-20)19-29-30-25-17-16-22(18-27(25)33(34)35)38(36,37)31-21-12-6-3-7-13-21/h2-19,30-31H,1H3/b29-19-. The van der Waals surface area contributed by atoms with E-state index in [1.165, 1.54) is 12.1 Å². The predicted molar refractivity (Wildman–Crippen MR) is 150 cm³/mol. The quantitative estimate of drug-likeness (QED) is 0.146. The molecule has 0 bridgehead atoms. The summed E-state index contributed by atoms with van der Waals surface area (Å²) < 4.78 is 30.1. The van der Waals surface area contributed by atoms with Crippen LogP contribution in [0.1, 0.15) is 5.56 Å². The number of aromatic nitrogens is 1. The molecule has 0 amide bonds. The van der Waals surface area contributed by atoms with Crippen molar-refractivity contribution >= 4 is 44.2 Å². The number of benzene rings is 4. The number of hydrogen-bond donors (Lipinski definition) is 2. The minimum atomic E-state index is -4.03. The first-order valence-electron chi connectivity index (χ1n) is 11.6. The average molecular weight is 526 g/mol. The first-order chi connectivity index (χ1) is 18.3. The number of nitrogens with one attached hydrogen (secondary N) is 2. The summed E-state index contributed by atoms with van der Waals surface area (Å²) in [5.41, 5.74) is 6.52. The molecule has 4 aromatic carbocycles. The van der Waals surface area contributed by atoms with Gasteiger partial charge in [-0.3, -0.25) is 20.3 Å². The second kappa shape index (κ2) is 10.2. The second-order valence-electron chi connectivity index (χ2n) is 8.48. The van der Waals surface area contributed by atoms with Crippen LogP contribution in [-0.4, -0.2) is 24.1 Å². The summed E-state index contributed by atoms with van der Waals surface area (Å²) >= 11 is 0. The van der Waals surface area contributed by atoms with Gasteiger partial charge in [0.15, 0.2) is 0 Å². The minimum Gasteiger partial charge on any atom is -0.343 e. The molecule has 5 aromatic rings. The minimum absolute atomic E-state index is 0.0615. The summed E-state index contributed by atoms with van der Waals surface area (Å²) in [6.07, 6.45) is 1.62. The van der Waals surface area contributed by atoms with Gasteiger partial charge in [0.05, 0.1) is 21.7 Å². The van der Waals surface area contributed by atoms with Crippen molar-refractivity contribution in [1.82, 2.24) is 4.57 Å². The molecule has 9 nitrogen and oxygen atoms in total. The van der Waals surface area contributed by atoms with Gasteiger partial charge in [0, 0.05) is 35.3 Å². The average Bonchev–Trinajstić information content (AvgIpc) is 3.21. The highest BCUT2D eigenvalue weighted by Crippen LogP contribution is 2.32. The molecule has 0 spiro atoms. The van der Waals surface area contributed by atoms with Crippen molar-refractivity contribution in [3.05, 3.63) is 119 Å². The van der Waals surface area contributed by atoms with Crippen LogP contribution in [-0.2, 0) is 17.1 Å². The molecule has 5 rings (SSSR count). The van der Waals surface area contributed by atoms with Gasteiger partial charge in [0.25, 0.3) is 15.7 Å². The summed E-state index contributed by atoms with van der Waals surface area (Å²) in [4.78, 5) is 10.9. The van der Waals surface area contributed by atoms with Crippen molar-refractivity contribution in [3.8, 4) is 11.3 Å². The molecule has 0 aliphatic heterocycles. The molecule has 0 radical (unpaired) electrons. The number of aryl methyl sites for hydroxylation is 1. The van der Waals surface area contributed by atoms with Crippen molar-refractivity contribution in [2.24, 2.45) is 12.1 Å². The summed E-state index contributed by atoms with van der Waals surface area (Å²) in [5, 5.41) is 17.1. The number of fused-ring (bicyclic) bond motifs is 1. The zero-order chi connectivity index (χ0) is 26.7. The van der Waals surface area contributed by atoms with Gasteiger partial charge in [-0.1, -0.05) is 66.7 Å². The van der Waals surface area contributed by atoms with Crippen LogP contribution in [0.25, 0.3) is 22.2 Å². The lowest BCUT2D eigenvalue weighted by atomic mass is 10.1. The van der Waals surface area contributed by atoms with Gasteiger partial charge >= 0.3 is 0 Å². The van der Waals surface area contributed by atoms with Crippen LogP contribution in [0.15, 0.2) is 113 Å². The number of hydrazone groups is 1. The van der Waals surface area contributed by atoms with Crippen LogP contribution >= 0.6 is 0 Å². The molecule has 0 atom stereocenters. The fourth-order valence-corrected chi connectivity index (χ4v) is 5.39. The zero-order valence-corrected chi connectivity index (χ0v) is 21.1. The highest BCUT2D eigenvalue weighted by Gasteiger charge is 2.22. The van der Waals surface area contributed by atoms with E-state index in [4.69, 9.17) is 0 Å². The van der Waals surface area contributed by atoms with Crippen molar-refractivity contribution in [3.63, 3.8) is 0 Å². The third-order valence-electron chi connectivity index (χ3n) is 6.07. The maximum Gasteiger partial charge on any atom is 0.295 e. The van der Waals surface area contributed by atoms with Gasteiger partial charge in [-0.25, -0.2) is 8.42 Å². The number of sulfonamides is 1. The van der Waals surface area contributed by atoms with Crippen molar-refractivity contribution in [1.29, 1.82) is 0 Å². The largest absolute Gasteiger partial charge is 0.343 e. The number of hydrogen-bond acceptors (Lipinski definition) is 6. The van der Waals surface area contributed by atoms with Crippen LogP contribution in [0, 0.1) is 10.1 Å². The molecule has 10 heteroatoms. The Kier molecular flexibility index (Phi) is 6.63. The molecule has 0 saturated heterocycles. The van der Waals surface area contributed by atoms with E-state index in [-0.39, 0.29) is 10.6 Å². The van der Waals surface area contributed by atoms with Crippen LogP contribution in [0.2, 0.25) is 0 Å². The van der Waals surface area contributed by atoms with Crippen LogP contribution in [0.5, 0.6) is 0 Å². The first kappa shape index (κ1) is 24.7. The Morgan fingerprint density at radius 1 is 0.895 bits per heavy atom. The second-order valence-corrected chi connectivity index (χ2v) is 10.2. The van der Waals surface area contributed by atoms with Crippen LogP contribution in [0.4, 0.5) is 17.1 Å². The first-order valence-corrected chi connectivity index (χ1v) is 13.1. The predicted octanol–water partition coefficient (Wildman–Crippen LogP) is 6.00. The lowest BCUT2D eigenvalue weighted by Crippen LogP contribution is -2.13. The van der Waals surface area contributed by atoms with E-state index in [1.54, 1.807) is 36.5 Å². The van der Waals surface area contributed by atoms with E-state index in [2.05, 4.69) is 19.8 Å². The molecule has 0 fully saturated rings. The fourth-order valence-electron chi connectivity index (χ4n) is 4.31.